The second kappa shape index (κ2) is 5.99. The summed E-state index contributed by atoms with van der Waals surface area (Å²) in [6.07, 6.45) is 1.00. The number of thioether (sulfide) groups is 1. The molecule has 2 aliphatic rings. The third-order valence-corrected chi connectivity index (χ3v) is 5.75. The quantitative estimate of drug-likeness (QED) is 0.298. The van der Waals surface area contributed by atoms with Crippen molar-refractivity contribution in [1.29, 1.82) is 0 Å². The van der Waals surface area contributed by atoms with Crippen LogP contribution in [-0.4, -0.2) is 67.1 Å². The lowest BCUT2D eigenvalue weighted by Crippen LogP contribution is -2.70. The summed E-state index contributed by atoms with van der Waals surface area (Å²) in [5.74, 6) is -0.952. The number of fused-ring (bicyclic) bond motifs is 1. The molecule has 8 nitrogen and oxygen atoms in total. The Morgan fingerprint density at radius 3 is 2.64 bits per heavy atom. The molecule has 2 fully saturated rings. The molecule has 0 radical (unpaired) electrons. The predicted octanol–water partition coefficient (Wildman–Crippen LogP) is -0.496. The van der Waals surface area contributed by atoms with E-state index in [1.165, 1.54) is 16.7 Å². The average Bonchev–Trinajstić information content (AvgIpc) is 2.64. The van der Waals surface area contributed by atoms with Crippen LogP contribution >= 0.6 is 11.8 Å². The first-order chi connectivity index (χ1) is 10.1. The molecule has 3 atom stereocenters. The zero-order valence-electron chi connectivity index (χ0n) is 12.9. The molecule has 0 aromatic heterocycles. The molecule has 2 heterocycles. The predicted molar refractivity (Wildman–Crippen MR) is 80.4 cm³/mol. The van der Waals surface area contributed by atoms with Crippen LogP contribution < -0.4 is 4.72 Å². The number of amides is 1. The van der Waals surface area contributed by atoms with Crippen LogP contribution in [-0.2, 0) is 29.1 Å². The Labute approximate surface area is 133 Å². The van der Waals surface area contributed by atoms with Crippen LogP contribution in [0.2, 0.25) is 0 Å². The van der Waals surface area contributed by atoms with Gasteiger partial charge in [-0.05, 0) is 20.8 Å². The molecule has 0 saturated carbocycles. The van der Waals surface area contributed by atoms with E-state index in [1.807, 2.05) is 13.8 Å². The first-order valence-corrected chi connectivity index (χ1v) is 9.57. The Morgan fingerprint density at radius 1 is 1.45 bits per heavy atom. The van der Waals surface area contributed by atoms with Gasteiger partial charge in [-0.1, -0.05) is 0 Å². The van der Waals surface area contributed by atoms with Gasteiger partial charge < -0.3 is 14.4 Å². The molecular weight excluding hydrogens is 332 g/mol. The fraction of sp³-hybridized carbons (Fsp3) is 0.833. The number of sulfonamides is 1. The molecule has 126 valence electrons. The first kappa shape index (κ1) is 17.5. The number of hydrogen-bond acceptors (Lipinski definition) is 7. The minimum absolute atomic E-state index is 0.162. The molecule has 0 aromatic rings. The normalized spacial score (nSPS) is 29.9. The van der Waals surface area contributed by atoms with E-state index in [1.54, 1.807) is 6.92 Å². The second-order valence-electron chi connectivity index (χ2n) is 5.70. The molecule has 0 aliphatic carbocycles. The lowest BCUT2D eigenvalue weighted by Gasteiger charge is -2.43. The van der Waals surface area contributed by atoms with E-state index >= 15 is 0 Å². The lowest BCUT2D eigenvalue weighted by molar-refractivity contribution is -0.171. The molecule has 22 heavy (non-hydrogen) atoms. The van der Waals surface area contributed by atoms with Crippen molar-refractivity contribution in [3.63, 3.8) is 0 Å². The highest BCUT2D eigenvalue weighted by atomic mass is 32.2. The van der Waals surface area contributed by atoms with Gasteiger partial charge in [-0.25, -0.2) is 13.2 Å². The van der Waals surface area contributed by atoms with Crippen LogP contribution in [0.15, 0.2) is 0 Å². The Kier molecular flexibility index (Phi) is 4.77. The molecule has 1 N–H and O–H groups in total. The monoisotopic (exact) mass is 352 g/mol. The molecule has 0 aromatic carbocycles. The van der Waals surface area contributed by atoms with Gasteiger partial charge >= 0.3 is 5.97 Å². The number of hydrogen-bond donors (Lipinski definition) is 1. The lowest BCUT2D eigenvalue weighted by atomic mass is 9.96. The van der Waals surface area contributed by atoms with E-state index < -0.39 is 44.1 Å². The van der Waals surface area contributed by atoms with Crippen LogP contribution in [0.25, 0.3) is 0 Å². The van der Waals surface area contributed by atoms with Crippen molar-refractivity contribution >= 4 is 33.7 Å². The Bertz CT molecular complexity index is 576. The van der Waals surface area contributed by atoms with Crippen molar-refractivity contribution < 1.29 is 27.5 Å². The number of rotatable bonds is 6. The Balaban J connectivity index is 2.11. The third-order valence-electron chi connectivity index (χ3n) is 3.49. The summed E-state index contributed by atoms with van der Waals surface area (Å²) in [5.41, 5.74) is 0. The number of ether oxygens (including phenoxy) is 2. The number of carbonyl (C=O) groups is 2. The van der Waals surface area contributed by atoms with E-state index in [-0.39, 0.29) is 6.79 Å². The standard InChI is InChI=1S/C12H20N2O6S2/c1-5-19-6-20-11(16)8-12(2,3)21-10-7(9(15)14(8)10)13-22(4,17)18/h7-8,10,13H,5-6H2,1-4H3/t7-,8+,10-/m1/s1. The SMILES string of the molecule is CCOCOC(=O)[C@@H]1N2C(=O)[C@@H](NS(C)(=O)=O)[C@H]2SC1(C)C. The topological polar surface area (TPSA) is 102 Å². The minimum Gasteiger partial charge on any atom is -0.437 e. The van der Waals surface area contributed by atoms with Crippen LogP contribution in [0.5, 0.6) is 0 Å². The Morgan fingerprint density at radius 2 is 2.09 bits per heavy atom. The maximum absolute atomic E-state index is 12.2. The molecule has 2 rings (SSSR count). The van der Waals surface area contributed by atoms with Gasteiger partial charge in [0.05, 0.1) is 6.26 Å². The fourth-order valence-electron chi connectivity index (χ4n) is 2.59. The molecule has 1 amide bonds. The van der Waals surface area contributed by atoms with Crippen molar-refractivity contribution in [1.82, 2.24) is 9.62 Å². The van der Waals surface area contributed by atoms with Crippen LogP contribution in [0.4, 0.5) is 0 Å². The molecule has 2 aliphatic heterocycles. The van der Waals surface area contributed by atoms with E-state index in [9.17, 15) is 18.0 Å². The van der Waals surface area contributed by atoms with E-state index in [4.69, 9.17) is 9.47 Å². The molecular formula is C12H20N2O6S2. The van der Waals surface area contributed by atoms with Crippen molar-refractivity contribution in [2.24, 2.45) is 0 Å². The van der Waals surface area contributed by atoms with Gasteiger partial charge in [0.15, 0.2) is 6.79 Å². The van der Waals surface area contributed by atoms with Gasteiger partial charge in [0.1, 0.15) is 17.5 Å². The van der Waals surface area contributed by atoms with Crippen molar-refractivity contribution in [2.45, 2.75) is 43.0 Å². The van der Waals surface area contributed by atoms with Crippen molar-refractivity contribution in [2.75, 3.05) is 19.7 Å². The smallest absolute Gasteiger partial charge is 0.332 e. The summed E-state index contributed by atoms with van der Waals surface area (Å²) in [6.45, 7) is 5.69. The maximum atomic E-state index is 12.2. The van der Waals surface area contributed by atoms with Crippen LogP contribution in [0, 0.1) is 0 Å². The van der Waals surface area contributed by atoms with E-state index in [0.29, 0.717) is 6.61 Å². The molecule has 10 heteroatoms. The van der Waals surface area contributed by atoms with Crippen molar-refractivity contribution in [3.8, 4) is 0 Å². The summed E-state index contributed by atoms with van der Waals surface area (Å²) in [5, 5.41) is -0.401. The van der Waals surface area contributed by atoms with E-state index in [2.05, 4.69) is 4.72 Å². The fourth-order valence-corrected chi connectivity index (χ4v) is 4.99. The van der Waals surface area contributed by atoms with Crippen LogP contribution in [0.1, 0.15) is 20.8 Å². The number of nitrogens with one attached hydrogen (secondary N) is 1. The zero-order chi connectivity index (χ0) is 16.7. The summed E-state index contributed by atoms with van der Waals surface area (Å²) in [7, 11) is -3.50. The number of carbonyl (C=O) groups excluding carboxylic acids is 2. The number of nitrogens with zero attached hydrogens (tertiary/aromatic N) is 1. The first-order valence-electron chi connectivity index (χ1n) is 6.80. The summed E-state index contributed by atoms with van der Waals surface area (Å²) in [6, 6.07) is -1.59. The Hall–Kier alpha value is -0.840. The van der Waals surface area contributed by atoms with Gasteiger partial charge in [0, 0.05) is 11.4 Å². The van der Waals surface area contributed by atoms with Gasteiger partial charge in [-0.15, -0.1) is 11.8 Å². The second-order valence-corrected chi connectivity index (χ2v) is 9.25. The maximum Gasteiger partial charge on any atom is 0.332 e. The average molecular weight is 352 g/mol. The molecule has 0 unspecified atom stereocenters. The molecule has 0 bridgehead atoms. The number of β-lactam (4-membered cyclic amide) rings is 1. The van der Waals surface area contributed by atoms with E-state index in [0.717, 1.165) is 6.26 Å². The van der Waals surface area contributed by atoms with Gasteiger partial charge in [0.25, 0.3) is 0 Å². The van der Waals surface area contributed by atoms with Crippen molar-refractivity contribution in [3.05, 3.63) is 0 Å². The van der Waals surface area contributed by atoms with Gasteiger partial charge in [0.2, 0.25) is 15.9 Å². The van der Waals surface area contributed by atoms with Gasteiger partial charge in [-0.3, -0.25) is 4.79 Å². The molecule has 0 spiro atoms. The largest absolute Gasteiger partial charge is 0.437 e. The van der Waals surface area contributed by atoms with Crippen LogP contribution in [0.3, 0.4) is 0 Å². The zero-order valence-corrected chi connectivity index (χ0v) is 14.5. The minimum atomic E-state index is -3.50. The highest BCUT2D eigenvalue weighted by Crippen LogP contribution is 2.51. The highest BCUT2D eigenvalue weighted by molar-refractivity contribution is 8.01. The summed E-state index contributed by atoms with van der Waals surface area (Å²) in [4.78, 5) is 25.8. The summed E-state index contributed by atoms with van der Waals surface area (Å²) >= 11 is 1.38. The number of esters is 1. The molecule has 2 saturated heterocycles. The summed E-state index contributed by atoms with van der Waals surface area (Å²) < 4.78 is 34.4. The highest BCUT2D eigenvalue weighted by Gasteiger charge is 2.64. The van der Waals surface area contributed by atoms with Gasteiger partial charge in [-0.2, -0.15) is 4.72 Å². The third kappa shape index (κ3) is 3.24.